The standard InChI is InChI=1S/C17H25NO2/c1-16(2,3)14-9-6-5-8-13(14)15(19)18-11-7-10-17(4,20)12-18/h5-6,8-9,20H,7,10-12H2,1-4H3. The molecule has 1 heterocycles. The van der Waals surface area contributed by atoms with Gasteiger partial charge < -0.3 is 10.0 Å². The monoisotopic (exact) mass is 275 g/mol. The summed E-state index contributed by atoms with van der Waals surface area (Å²) in [6.07, 6.45) is 1.62. The zero-order chi connectivity index (χ0) is 15.0. The summed E-state index contributed by atoms with van der Waals surface area (Å²) < 4.78 is 0. The van der Waals surface area contributed by atoms with E-state index < -0.39 is 5.60 Å². The van der Waals surface area contributed by atoms with E-state index in [-0.39, 0.29) is 11.3 Å². The highest BCUT2D eigenvalue weighted by Crippen LogP contribution is 2.28. The summed E-state index contributed by atoms with van der Waals surface area (Å²) in [7, 11) is 0. The van der Waals surface area contributed by atoms with E-state index in [1.54, 1.807) is 4.90 Å². The molecule has 1 saturated heterocycles. The third-order valence-corrected chi connectivity index (χ3v) is 3.93. The van der Waals surface area contributed by atoms with Gasteiger partial charge in [-0.15, -0.1) is 0 Å². The summed E-state index contributed by atoms with van der Waals surface area (Å²) >= 11 is 0. The molecule has 1 amide bonds. The predicted octanol–water partition coefficient (Wildman–Crippen LogP) is 2.97. The molecule has 0 spiro atoms. The van der Waals surface area contributed by atoms with Crippen molar-refractivity contribution in [2.75, 3.05) is 13.1 Å². The summed E-state index contributed by atoms with van der Waals surface area (Å²) in [5.74, 6) is 0.0375. The number of rotatable bonds is 1. The van der Waals surface area contributed by atoms with E-state index in [0.29, 0.717) is 6.54 Å². The van der Waals surface area contributed by atoms with Crippen LogP contribution in [0.5, 0.6) is 0 Å². The Morgan fingerprint density at radius 2 is 1.95 bits per heavy atom. The van der Waals surface area contributed by atoms with Crippen LogP contribution < -0.4 is 0 Å². The maximum Gasteiger partial charge on any atom is 0.254 e. The van der Waals surface area contributed by atoms with Crippen LogP contribution in [-0.2, 0) is 5.41 Å². The van der Waals surface area contributed by atoms with Gasteiger partial charge in [-0.2, -0.15) is 0 Å². The maximum atomic E-state index is 12.8. The number of hydrogen-bond donors (Lipinski definition) is 1. The van der Waals surface area contributed by atoms with Gasteiger partial charge in [0.2, 0.25) is 0 Å². The fourth-order valence-corrected chi connectivity index (χ4v) is 2.89. The van der Waals surface area contributed by atoms with E-state index in [1.165, 1.54) is 0 Å². The molecule has 1 N–H and O–H groups in total. The molecule has 2 rings (SSSR count). The Kier molecular flexibility index (Phi) is 3.92. The van der Waals surface area contributed by atoms with Crippen molar-refractivity contribution >= 4 is 5.91 Å². The lowest BCUT2D eigenvalue weighted by Gasteiger charge is -2.37. The van der Waals surface area contributed by atoms with Crippen LogP contribution in [0.15, 0.2) is 24.3 Å². The minimum absolute atomic E-state index is 0.0375. The number of benzene rings is 1. The Hall–Kier alpha value is -1.35. The summed E-state index contributed by atoms with van der Waals surface area (Å²) in [6, 6.07) is 7.80. The second kappa shape index (κ2) is 5.21. The van der Waals surface area contributed by atoms with E-state index in [0.717, 1.165) is 30.5 Å². The number of amides is 1. The van der Waals surface area contributed by atoms with Crippen LogP contribution in [0.1, 0.15) is 56.5 Å². The minimum Gasteiger partial charge on any atom is -0.388 e. The van der Waals surface area contributed by atoms with E-state index in [1.807, 2.05) is 31.2 Å². The van der Waals surface area contributed by atoms with E-state index in [4.69, 9.17) is 0 Å². The van der Waals surface area contributed by atoms with E-state index in [2.05, 4.69) is 20.8 Å². The van der Waals surface area contributed by atoms with E-state index in [9.17, 15) is 9.90 Å². The van der Waals surface area contributed by atoms with Gasteiger partial charge in [-0.3, -0.25) is 4.79 Å². The van der Waals surface area contributed by atoms with Crippen LogP contribution in [0.25, 0.3) is 0 Å². The van der Waals surface area contributed by atoms with Crippen molar-refractivity contribution in [2.24, 2.45) is 0 Å². The fraction of sp³-hybridized carbons (Fsp3) is 0.588. The summed E-state index contributed by atoms with van der Waals surface area (Å²) in [5.41, 5.74) is 1.00. The van der Waals surface area contributed by atoms with Gasteiger partial charge in [0, 0.05) is 18.7 Å². The van der Waals surface area contributed by atoms with Crippen molar-refractivity contribution in [1.82, 2.24) is 4.90 Å². The Bertz CT molecular complexity index is 500. The molecule has 0 radical (unpaired) electrons. The quantitative estimate of drug-likeness (QED) is 0.856. The third kappa shape index (κ3) is 3.21. The maximum absolute atomic E-state index is 12.8. The molecule has 0 saturated carbocycles. The van der Waals surface area contributed by atoms with E-state index >= 15 is 0 Å². The van der Waals surface area contributed by atoms with Crippen molar-refractivity contribution < 1.29 is 9.90 Å². The highest BCUT2D eigenvalue weighted by atomic mass is 16.3. The lowest BCUT2D eigenvalue weighted by Crippen LogP contribution is -2.48. The van der Waals surface area contributed by atoms with Crippen molar-refractivity contribution in [3.63, 3.8) is 0 Å². The first kappa shape index (κ1) is 15.0. The predicted molar refractivity (Wildman–Crippen MR) is 80.9 cm³/mol. The first-order valence-electron chi connectivity index (χ1n) is 7.32. The van der Waals surface area contributed by atoms with Gasteiger partial charge in [-0.1, -0.05) is 39.0 Å². The first-order valence-corrected chi connectivity index (χ1v) is 7.32. The molecule has 1 atom stereocenters. The average Bonchev–Trinajstić information content (AvgIpc) is 2.35. The smallest absolute Gasteiger partial charge is 0.254 e. The average molecular weight is 275 g/mol. The van der Waals surface area contributed by atoms with Crippen LogP contribution >= 0.6 is 0 Å². The molecule has 1 aliphatic rings. The Labute approximate surface area is 121 Å². The number of carbonyl (C=O) groups excluding carboxylic acids is 1. The van der Waals surface area contributed by atoms with Gasteiger partial charge in [0.1, 0.15) is 0 Å². The number of carbonyl (C=O) groups is 1. The second-order valence-corrected chi connectivity index (χ2v) is 7.12. The molecule has 1 aromatic carbocycles. The number of likely N-dealkylation sites (tertiary alicyclic amines) is 1. The van der Waals surface area contributed by atoms with Gasteiger partial charge in [0.05, 0.1) is 5.60 Å². The summed E-state index contributed by atoms with van der Waals surface area (Å²) in [5, 5.41) is 10.2. The number of nitrogens with zero attached hydrogens (tertiary/aromatic N) is 1. The highest BCUT2D eigenvalue weighted by molar-refractivity contribution is 5.96. The van der Waals surface area contributed by atoms with Crippen LogP contribution in [0.2, 0.25) is 0 Å². The Morgan fingerprint density at radius 1 is 1.30 bits per heavy atom. The number of β-amino-alcohol motifs (C(OH)–C–C–N with tert-alkyl or cyclic N) is 1. The van der Waals surface area contributed by atoms with Gasteiger partial charge in [-0.05, 0) is 36.8 Å². The largest absolute Gasteiger partial charge is 0.388 e. The lowest BCUT2D eigenvalue weighted by atomic mass is 9.83. The molecule has 110 valence electrons. The second-order valence-electron chi connectivity index (χ2n) is 7.12. The van der Waals surface area contributed by atoms with Crippen molar-refractivity contribution in [1.29, 1.82) is 0 Å². The van der Waals surface area contributed by atoms with Gasteiger partial charge >= 0.3 is 0 Å². The SMILES string of the molecule is CC1(O)CCCN(C(=O)c2ccccc2C(C)(C)C)C1. The van der Waals surface area contributed by atoms with Gasteiger partial charge in [0.15, 0.2) is 0 Å². The van der Waals surface area contributed by atoms with Crippen molar-refractivity contribution in [3.05, 3.63) is 35.4 Å². The number of aliphatic hydroxyl groups is 1. The summed E-state index contributed by atoms with van der Waals surface area (Å²) in [6.45, 7) is 9.31. The molecular formula is C17H25NO2. The van der Waals surface area contributed by atoms with Gasteiger partial charge in [-0.25, -0.2) is 0 Å². The molecule has 0 bridgehead atoms. The topological polar surface area (TPSA) is 40.5 Å². The first-order chi connectivity index (χ1) is 9.21. The third-order valence-electron chi connectivity index (χ3n) is 3.93. The van der Waals surface area contributed by atoms with Crippen LogP contribution in [-0.4, -0.2) is 34.6 Å². The van der Waals surface area contributed by atoms with Crippen LogP contribution in [0.3, 0.4) is 0 Å². The molecule has 3 heteroatoms. The molecule has 20 heavy (non-hydrogen) atoms. The highest BCUT2D eigenvalue weighted by Gasteiger charge is 2.32. The molecule has 1 fully saturated rings. The summed E-state index contributed by atoms with van der Waals surface area (Å²) in [4.78, 5) is 14.6. The molecule has 1 unspecified atom stereocenters. The number of piperidine rings is 1. The fourth-order valence-electron chi connectivity index (χ4n) is 2.89. The zero-order valence-electron chi connectivity index (χ0n) is 12.9. The normalized spacial score (nSPS) is 23.8. The Morgan fingerprint density at radius 3 is 2.55 bits per heavy atom. The zero-order valence-corrected chi connectivity index (χ0v) is 12.9. The molecule has 0 aromatic heterocycles. The molecule has 0 aliphatic carbocycles. The van der Waals surface area contributed by atoms with Gasteiger partial charge in [0.25, 0.3) is 5.91 Å². The molecule has 1 aliphatic heterocycles. The lowest BCUT2D eigenvalue weighted by molar-refractivity contribution is -0.0108. The Balaban J connectivity index is 2.30. The molecular weight excluding hydrogens is 250 g/mol. The molecule has 3 nitrogen and oxygen atoms in total. The van der Waals surface area contributed by atoms with Crippen molar-refractivity contribution in [3.8, 4) is 0 Å². The molecule has 1 aromatic rings. The number of hydrogen-bond acceptors (Lipinski definition) is 2. The van der Waals surface area contributed by atoms with Crippen LogP contribution in [0, 0.1) is 0 Å². The minimum atomic E-state index is -0.759. The van der Waals surface area contributed by atoms with Crippen molar-refractivity contribution in [2.45, 2.75) is 51.6 Å². The van der Waals surface area contributed by atoms with Crippen LogP contribution in [0.4, 0.5) is 0 Å².